The van der Waals surface area contributed by atoms with E-state index in [1.54, 1.807) is 0 Å². The van der Waals surface area contributed by atoms with Gasteiger partial charge in [-0.25, -0.2) is 0 Å². The Hall–Kier alpha value is -2.36. The van der Waals surface area contributed by atoms with E-state index in [1.807, 2.05) is 46.2 Å². The van der Waals surface area contributed by atoms with Gasteiger partial charge < -0.3 is 9.80 Å². The normalized spacial score (nSPS) is 26.8. The number of carbonyl (C=O) groups is 2. The van der Waals surface area contributed by atoms with Crippen LogP contribution in [0.15, 0.2) is 42.5 Å². The molecule has 146 valence electrons. The van der Waals surface area contributed by atoms with Gasteiger partial charge in [-0.05, 0) is 59.9 Å². The number of hydrogen-bond donors (Lipinski definition) is 0. The maximum absolute atomic E-state index is 12.9. The molecule has 0 aromatic heterocycles. The summed E-state index contributed by atoms with van der Waals surface area (Å²) in [5, 5.41) is 2.24. The van der Waals surface area contributed by atoms with Crippen LogP contribution < -0.4 is 0 Å². The first kappa shape index (κ1) is 17.7. The molecule has 2 aromatic carbocycles. The second-order valence-corrected chi connectivity index (χ2v) is 8.87. The third kappa shape index (κ3) is 3.30. The lowest BCUT2D eigenvalue weighted by molar-refractivity contribution is -0.134. The van der Waals surface area contributed by atoms with E-state index >= 15 is 0 Å². The summed E-state index contributed by atoms with van der Waals surface area (Å²) < 4.78 is 0. The summed E-state index contributed by atoms with van der Waals surface area (Å²) >= 11 is 0. The van der Waals surface area contributed by atoms with Gasteiger partial charge in [0.05, 0.1) is 0 Å². The lowest BCUT2D eigenvalue weighted by Gasteiger charge is -2.36. The van der Waals surface area contributed by atoms with Gasteiger partial charge >= 0.3 is 0 Å². The third-order valence-corrected chi connectivity index (χ3v) is 7.24. The van der Waals surface area contributed by atoms with Crippen LogP contribution in [0.3, 0.4) is 0 Å². The van der Waals surface area contributed by atoms with Crippen LogP contribution in [0.5, 0.6) is 0 Å². The Bertz CT molecular complexity index is 900. The molecular formula is C24H28N2O2. The monoisotopic (exact) mass is 376 g/mol. The van der Waals surface area contributed by atoms with Gasteiger partial charge in [0.1, 0.15) is 0 Å². The average Bonchev–Trinajstić information content (AvgIpc) is 3.36. The zero-order chi connectivity index (χ0) is 19.1. The number of amides is 2. The number of benzene rings is 2. The van der Waals surface area contributed by atoms with Crippen LogP contribution in [-0.2, 0) is 4.79 Å². The predicted octanol–water partition coefficient (Wildman–Crippen LogP) is 3.95. The molecule has 2 amide bonds. The Kier molecular flexibility index (Phi) is 4.58. The molecule has 0 spiro atoms. The van der Waals surface area contributed by atoms with Crippen LogP contribution in [0, 0.1) is 17.8 Å². The number of rotatable bonds is 3. The van der Waals surface area contributed by atoms with Crippen LogP contribution in [0.4, 0.5) is 0 Å². The standard InChI is InChI=1S/C24H28N2O2/c27-23(16-22-14-17-5-6-20(22)13-17)25-9-11-26(12-10-25)24(28)21-8-7-18-3-1-2-4-19(18)15-21/h1-4,7-8,15,17,20,22H,5-6,9-14,16H2/t17-,20-,22-/m0/s1. The van der Waals surface area contributed by atoms with Gasteiger partial charge in [0, 0.05) is 38.2 Å². The van der Waals surface area contributed by atoms with E-state index in [-0.39, 0.29) is 5.91 Å². The molecule has 4 nitrogen and oxygen atoms in total. The average molecular weight is 377 g/mol. The van der Waals surface area contributed by atoms with Gasteiger partial charge in [-0.1, -0.05) is 36.8 Å². The zero-order valence-corrected chi connectivity index (χ0v) is 16.3. The van der Waals surface area contributed by atoms with Crippen molar-refractivity contribution < 1.29 is 9.59 Å². The number of piperazine rings is 1. The van der Waals surface area contributed by atoms with Crippen LogP contribution in [0.1, 0.15) is 42.5 Å². The van der Waals surface area contributed by atoms with Crippen molar-refractivity contribution in [3.63, 3.8) is 0 Å². The molecule has 2 saturated carbocycles. The fourth-order valence-corrected chi connectivity index (χ4v) is 5.64. The molecule has 3 atom stereocenters. The van der Waals surface area contributed by atoms with Crippen LogP contribution >= 0.6 is 0 Å². The van der Waals surface area contributed by atoms with Crippen molar-refractivity contribution in [2.45, 2.75) is 32.1 Å². The number of hydrogen-bond acceptors (Lipinski definition) is 2. The minimum absolute atomic E-state index is 0.0750. The highest BCUT2D eigenvalue weighted by molar-refractivity contribution is 5.98. The maximum Gasteiger partial charge on any atom is 0.253 e. The van der Waals surface area contributed by atoms with Gasteiger partial charge in [-0.2, -0.15) is 0 Å². The number of fused-ring (bicyclic) bond motifs is 3. The van der Waals surface area contributed by atoms with Crippen molar-refractivity contribution in [3.05, 3.63) is 48.0 Å². The highest BCUT2D eigenvalue weighted by Crippen LogP contribution is 2.49. The summed E-state index contributed by atoms with van der Waals surface area (Å²) in [4.78, 5) is 29.5. The maximum atomic E-state index is 12.9. The van der Waals surface area contributed by atoms with Crippen LogP contribution in [-0.4, -0.2) is 47.8 Å². The lowest BCUT2D eigenvalue weighted by atomic mass is 9.86. The van der Waals surface area contributed by atoms with E-state index in [2.05, 4.69) is 6.07 Å². The summed E-state index contributed by atoms with van der Waals surface area (Å²) in [6.45, 7) is 2.60. The topological polar surface area (TPSA) is 40.6 Å². The molecule has 2 aromatic rings. The van der Waals surface area contributed by atoms with E-state index in [1.165, 1.54) is 25.7 Å². The highest BCUT2D eigenvalue weighted by Gasteiger charge is 2.40. The molecule has 3 aliphatic rings. The van der Waals surface area contributed by atoms with Gasteiger partial charge in [0.2, 0.25) is 5.91 Å². The minimum Gasteiger partial charge on any atom is -0.339 e. The summed E-state index contributed by atoms with van der Waals surface area (Å²) in [6.07, 6.45) is 6.05. The third-order valence-electron chi connectivity index (χ3n) is 7.24. The van der Waals surface area contributed by atoms with E-state index in [4.69, 9.17) is 0 Å². The smallest absolute Gasteiger partial charge is 0.253 e. The Morgan fingerprint density at radius 3 is 2.32 bits per heavy atom. The summed E-state index contributed by atoms with van der Waals surface area (Å²) in [7, 11) is 0. The molecular weight excluding hydrogens is 348 g/mol. The van der Waals surface area contributed by atoms with Crippen molar-refractivity contribution in [3.8, 4) is 0 Å². The number of carbonyl (C=O) groups excluding carboxylic acids is 2. The molecule has 2 aliphatic carbocycles. The van der Waals surface area contributed by atoms with Crippen LogP contribution in [0.25, 0.3) is 10.8 Å². The molecule has 3 fully saturated rings. The summed E-state index contributed by atoms with van der Waals surface area (Å²) in [5.74, 6) is 2.67. The van der Waals surface area contributed by atoms with E-state index in [9.17, 15) is 9.59 Å². The molecule has 1 heterocycles. The van der Waals surface area contributed by atoms with Crippen molar-refractivity contribution in [1.82, 2.24) is 9.80 Å². The quantitative estimate of drug-likeness (QED) is 0.814. The molecule has 4 heteroatoms. The lowest BCUT2D eigenvalue weighted by Crippen LogP contribution is -2.51. The van der Waals surface area contributed by atoms with Crippen molar-refractivity contribution in [2.24, 2.45) is 17.8 Å². The van der Waals surface area contributed by atoms with Crippen molar-refractivity contribution in [2.75, 3.05) is 26.2 Å². The molecule has 0 N–H and O–H groups in total. The van der Waals surface area contributed by atoms with Gasteiger partial charge in [-0.3, -0.25) is 9.59 Å². The second-order valence-electron chi connectivity index (χ2n) is 8.87. The molecule has 5 rings (SSSR count). The first-order chi connectivity index (χ1) is 13.7. The minimum atomic E-state index is 0.0750. The summed E-state index contributed by atoms with van der Waals surface area (Å²) in [6, 6.07) is 14.0. The second kappa shape index (κ2) is 7.23. The molecule has 1 saturated heterocycles. The SMILES string of the molecule is O=C(C[C@@H]1C[C@H]2CC[C@H]1C2)N1CCN(C(=O)c2ccc3ccccc3c2)CC1. The number of nitrogens with zero attached hydrogens (tertiary/aromatic N) is 2. The van der Waals surface area contributed by atoms with E-state index in [0.717, 1.165) is 34.6 Å². The van der Waals surface area contributed by atoms with Gasteiger partial charge in [0.15, 0.2) is 0 Å². The fraction of sp³-hybridized carbons (Fsp3) is 0.500. The molecule has 0 radical (unpaired) electrons. The highest BCUT2D eigenvalue weighted by atomic mass is 16.2. The predicted molar refractivity (Wildman–Crippen MR) is 110 cm³/mol. The molecule has 28 heavy (non-hydrogen) atoms. The Morgan fingerprint density at radius 1 is 0.857 bits per heavy atom. The Morgan fingerprint density at radius 2 is 1.61 bits per heavy atom. The van der Waals surface area contributed by atoms with Gasteiger partial charge in [-0.15, -0.1) is 0 Å². The first-order valence-corrected chi connectivity index (χ1v) is 10.7. The molecule has 1 aliphatic heterocycles. The largest absolute Gasteiger partial charge is 0.339 e. The Balaban J connectivity index is 1.18. The van der Waals surface area contributed by atoms with Crippen LogP contribution in [0.2, 0.25) is 0 Å². The fourth-order valence-electron chi connectivity index (χ4n) is 5.64. The molecule has 0 unspecified atom stereocenters. The van der Waals surface area contributed by atoms with E-state index in [0.29, 0.717) is 38.0 Å². The molecule has 2 bridgehead atoms. The van der Waals surface area contributed by atoms with Crippen molar-refractivity contribution >= 4 is 22.6 Å². The van der Waals surface area contributed by atoms with Crippen molar-refractivity contribution in [1.29, 1.82) is 0 Å². The Labute approximate surface area is 166 Å². The summed E-state index contributed by atoms with van der Waals surface area (Å²) in [5.41, 5.74) is 0.737. The zero-order valence-electron chi connectivity index (χ0n) is 16.3. The van der Waals surface area contributed by atoms with E-state index < -0.39 is 0 Å². The first-order valence-electron chi connectivity index (χ1n) is 10.7. The van der Waals surface area contributed by atoms with Gasteiger partial charge in [0.25, 0.3) is 5.91 Å².